The summed E-state index contributed by atoms with van der Waals surface area (Å²) in [7, 11) is 1.76. The van der Waals surface area contributed by atoms with E-state index in [0.29, 0.717) is 29.8 Å². The summed E-state index contributed by atoms with van der Waals surface area (Å²) >= 11 is 0.545. The topological polar surface area (TPSA) is 53.0 Å². The van der Waals surface area contributed by atoms with E-state index in [1.165, 1.54) is 0 Å². The van der Waals surface area contributed by atoms with Gasteiger partial charge in [-0.1, -0.05) is 23.9 Å². The summed E-state index contributed by atoms with van der Waals surface area (Å²) in [5.41, 5.74) is 1.06. The second kappa shape index (κ2) is 9.31. The summed E-state index contributed by atoms with van der Waals surface area (Å²) in [4.78, 5) is 15.2. The number of halogens is 2. The van der Waals surface area contributed by atoms with Crippen molar-refractivity contribution in [3.63, 3.8) is 0 Å². The zero-order valence-corrected chi connectivity index (χ0v) is 14.3. The van der Waals surface area contributed by atoms with Crippen LogP contribution >= 0.6 is 11.8 Å². The predicted molar refractivity (Wildman–Crippen MR) is 88.5 cm³/mol. The van der Waals surface area contributed by atoms with Gasteiger partial charge in [0.15, 0.2) is 0 Å². The van der Waals surface area contributed by atoms with E-state index in [1.54, 1.807) is 24.1 Å². The molecule has 1 aliphatic heterocycles. The average molecular weight is 360 g/mol. The zero-order chi connectivity index (χ0) is 17.5. The molecule has 1 aliphatic rings. The normalized spacial score (nSPS) is 19.1. The summed E-state index contributed by atoms with van der Waals surface area (Å²) in [5.74, 6) is -3.26. The first-order valence-corrected chi connectivity index (χ1v) is 8.58. The van der Waals surface area contributed by atoms with Gasteiger partial charge in [-0.3, -0.25) is 14.6 Å². The Balaban J connectivity index is 1.82. The number of thioether (sulfide) groups is 1. The number of carbonyl (C=O) groups is 1. The summed E-state index contributed by atoms with van der Waals surface area (Å²) in [5, 5.41) is 8.80. The largest absolute Gasteiger partial charge is 0.480 e. The Labute approximate surface area is 144 Å². The van der Waals surface area contributed by atoms with Crippen molar-refractivity contribution in [3.8, 4) is 0 Å². The van der Waals surface area contributed by atoms with Crippen LogP contribution in [-0.4, -0.2) is 72.6 Å². The van der Waals surface area contributed by atoms with Crippen molar-refractivity contribution in [3.05, 3.63) is 29.8 Å². The highest BCUT2D eigenvalue weighted by molar-refractivity contribution is 7.99. The molecule has 0 spiro atoms. The lowest BCUT2D eigenvalue weighted by Crippen LogP contribution is -2.47. The summed E-state index contributed by atoms with van der Waals surface area (Å²) in [6.07, 6.45) is -0.0308. The number of aliphatic carboxylic acids is 1. The van der Waals surface area contributed by atoms with Gasteiger partial charge in [-0.15, -0.1) is 0 Å². The highest BCUT2D eigenvalue weighted by atomic mass is 32.2. The summed E-state index contributed by atoms with van der Waals surface area (Å²) in [6.45, 7) is 3.40. The lowest BCUT2D eigenvalue weighted by molar-refractivity contribution is -0.138. The number of nitrogens with zero attached hydrogens (tertiary/aromatic N) is 2. The number of rotatable bonds is 8. The van der Waals surface area contributed by atoms with Crippen molar-refractivity contribution in [2.24, 2.45) is 0 Å². The van der Waals surface area contributed by atoms with Crippen molar-refractivity contribution in [2.75, 3.05) is 39.8 Å². The Bertz CT molecular complexity index is 531. The van der Waals surface area contributed by atoms with Gasteiger partial charge < -0.3 is 9.84 Å². The molecule has 5 nitrogen and oxygen atoms in total. The van der Waals surface area contributed by atoms with E-state index in [9.17, 15) is 13.6 Å². The molecule has 8 heteroatoms. The molecule has 1 N–H and O–H groups in total. The monoisotopic (exact) mass is 360 g/mol. The van der Waals surface area contributed by atoms with Crippen LogP contribution in [0, 0.1) is 0 Å². The van der Waals surface area contributed by atoms with E-state index >= 15 is 0 Å². The minimum atomic E-state index is -2.40. The summed E-state index contributed by atoms with van der Waals surface area (Å²) in [6, 6.07) is 7.16. The van der Waals surface area contributed by atoms with Crippen LogP contribution in [0.3, 0.4) is 0 Å². The second-order valence-corrected chi connectivity index (χ2v) is 6.90. The molecule has 1 aromatic carbocycles. The lowest BCUT2D eigenvalue weighted by atomic mass is 10.2. The predicted octanol–water partition coefficient (Wildman–Crippen LogP) is 2.22. The Morgan fingerprint density at radius 1 is 1.46 bits per heavy atom. The molecular formula is C16H22F2N2O3S. The fourth-order valence-electron chi connectivity index (χ4n) is 2.71. The number of alkyl halides is 2. The van der Waals surface area contributed by atoms with E-state index in [2.05, 4.69) is 4.90 Å². The van der Waals surface area contributed by atoms with Crippen molar-refractivity contribution < 1.29 is 23.4 Å². The van der Waals surface area contributed by atoms with Gasteiger partial charge in [0.1, 0.15) is 0 Å². The van der Waals surface area contributed by atoms with Crippen molar-refractivity contribution in [2.45, 2.75) is 23.3 Å². The van der Waals surface area contributed by atoms with E-state index in [4.69, 9.17) is 9.84 Å². The molecule has 0 aliphatic carbocycles. The maximum Gasteiger partial charge on any atom is 0.317 e. The number of benzene rings is 1. The van der Waals surface area contributed by atoms with Crippen LogP contribution in [-0.2, 0) is 16.1 Å². The number of likely N-dealkylation sites (N-methyl/N-ethyl adjacent to an activating group) is 1. The first kappa shape index (κ1) is 19.1. The van der Waals surface area contributed by atoms with Crippen LogP contribution in [0.1, 0.15) is 5.56 Å². The number of hydrogen-bond acceptors (Lipinski definition) is 5. The van der Waals surface area contributed by atoms with Crippen LogP contribution in [0.25, 0.3) is 0 Å². The van der Waals surface area contributed by atoms with Crippen LogP contribution in [0.5, 0.6) is 0 Å². The number of carboxylic acid groups (broad SMARTS) is 1. The third kappa shape index (κ3) is 6.72. The van der Waals surface area contributed by atoms with Gasteiger partial charge in [0.05, 0.1) is 19.3 Å². The van der Waals surface area contributed by atoms with E-state index in [0.717, 1.165) is 25.2 Å². The molecule has 0 amide bonds. The average Bonchev–Trinajstić information content (AvgIpc) is 2.48. The molecule has 1 saturated heterocycles. The van der Waals surface area contributed by atoms with Crippen LogP contribution in [0.15, 0.2) is 29.2 Å². The SMILES string of the molecule is CN(CC(=O)O)CC1CN(Cc2ccc(SC(F)F)cc2)CCO1. The van der Waals surface area contributed by atoms with Crippen LogP contribution in [0.4, 0.5) is 8.78 Å². The number of hydrogen-bond donors (Lipinski definition) is 1. The maximum atomic E-state index is 12.3. The Morgan fingerprint density at radius 2 is 2.17 bits per heavy atom. The van der Waals surface area contributed by atoms with Gasteiger partial charge in [-0.2, -0.15) is 8.78 Å². The Hall–Kier alpha value is -1.22. The highest BCUT2D eigenvalue weighted by Crippen LogP contribution is 2.25. The number of morpholine rings is 1. The Kier molecular flexibility index (Phi) is 7.41. The van der Waals surface area contributed by atoms with Crippen molar-refractivity contribution in [1.82, 2.24) is 9.80 Å². The van der Waals surface area contributed by atoms with Crippen LogP contribution in [0.2, 0.25) is 0 Å². The highest BCUT2D eigenvalue weighted by Gasteiger charge is 2.22. The van der Waals surface area contributed by atoms with Crippen molar-refractivity contribution in [1.29, 1.82) is 0 Å². The molecule has 1 unspecified atom stereocenters. The van der Waals surface area contributed by atoms with Gasteiger partial charge in [0.2, 0.25) is 0 Å². The first-order valence-electron chi connectivity index (χ1n) is 7.70. The molecule has 1 aromatic rings. The van der Waals surface area contributed by atoms with Gasteiger partial charge in [0.25, 0.3) is 5.76 Å². The third-order valence-electron chi connectivity index (χ3n) is 3.70. The minimum absolute atomic E-state index is 0.0108. The maximum absolute atomic E-state index is 12.3. The first-order chi connectivity index (χ1) is 11.4. The molecule has 0 radical (unpaired) electrons. The van der Waals surface area contributed by atoms with Crippen molar-refractivity contribution >= 4 is 17.7 Å². The molecule has 24 heavy (non-hydrogen) atoms. The molecule has 1 fully saturated rings. The van der Waals surface area contributed by atoms with E-state index in [-0.39, 0.29) is 12.6 Å². The van der Waals surface area contributed by atoms with Gasteiger partial charge in [-0.25, -0.2) is 0 Å². The quantitative estimate of drug-likeness (QED) is 0.718. The number of ether oxygens (including phenoxy) is 1. The zero-order valence-electron chi connectivity index (χ0n) is 13.5. The molecule has 1 atom stereocenters. The van der Waals surface area contributed by atoms with Crippen LogP contribution < -0.4 is 0 Å². The van der Waals surface area contributed by atoms with Gasteiger partial charge >= 0.3 is 5.97 Å². The Morgan fingerprint density at radius 3 is 2.79 bits per heavy atom. The molecular weight excluding hydrogens is 338 g/mol. The standard InChI is InChI=1S/C16H22F2N2O3S/c1-19(11-15(21)22)9-13-10-20(6-7-23-13)8-12-2-4-14(5-3-12)24-16(17)18/h2-5,13,16H,6-11H2,1H3,(H,21,22). The molecule has 134 valence electrons. The minimum Gasteiger partial charge on any atom is -0.480 e. The fourth-order valence-corrected chi connectivity index (χ4v) is 3.21. The summed E-state index contributed by atoms with van der Waals surface area (Å²) < 4.78 is 30.3. The van der Waals surface area contributed by atoms with E-state index < -0.39 is 11.7 Å². The smallest absolute Gasteiger partial charge is 0.317 e. The molecule has 0 aromatic heterocycles. The molecule has 1 heterocycles. The molecule has 0 saturated carbocycles. The lowest BCUT2D eigenvalue weighted by Gasteiger charge is -2.34. The van der Waals surface area contributed by atoms with E-state index in [1.807, 2.05) is 12.1 Å². The third-order valence-corrected chi connectivity index (χ3v) is 4.42. The number of carboxylic acids is 1. The fraction of sp³-hybridized carbons (Fsp3) is 0.562. The molecule has 0 bridgehead atoms. The van der Waals surface area contributed by atoms with Gasteiger partial charge in [0, 0.05) is 31.1 Å². The second-order valence-electron chi connectivity index (χ2n) is 5.84. The van der Waals surface area contributed by atoms with Gasteiger partial charge in [-0.05, 0) is 24.7 Å². The molecule has 2 rings (SSSR count).